The minimum absolute atomic E-state index is 0.543. The molecule has 1 aromatic heterocycles. The van der Waals surface area contributed by atoms with E-state index in [-0.39, 0.29) is 0 Å². The zero-order valence-electron chi connectivity index (χ0n) is 19.1. The molecule has 0 spiro atoms. The van der Waals surface area contributed by atoms with Crippen molar-refractivity contribution in [1.29, 1.82) is 0 Å². The molecule has 0 saturated carbocycles. The summed E-state index contributed by atoms with van der Waals surface area (Å²) in [4.78, 5) is 4.88. The highest BCUT2D eigenvalue weighted by Gasteiger charge is 2.22. The molecule has 35 heavy (non-hydrogen) atoms. The Morgan fingerprint density at radius 1 is 0.600 bits per heavy atom. The van der Waals surface area contributed by atoms with Gasteiger partial charge in [-0.1, -0.05) is 103 Å². The van der Waals surface area contributed by atoms with E-state index in [2.05, 4.69) is 126 Å². The number of para-hydroxylation sites is 1. The van der Waals surface area contributed by atoms with Crippen molar-refractivity contribution in [3.63, 3.8) is 0 Å². The topological polar surface area (TPSA) is 27.1 Å². The van der Waals surface area contributed by atoms with Crippen molar-refractivity contribution in [3.8, 4) is 45.1 Å². The number of aromatic nitrogens is 2. The normalized spacial score (nSPS) is 12.1. The highest BCUT2D eigenvalue weighted by molar-refractivity contribution is 5.97. The number of fused-ring (bicyclic) bond motifs is 5. The Labute approximate surface area is 203 Å². The third-order valence-electron chi connectivity index (χ3n) is 6.74. The molecule has 5 aromatic carbocycles. The molecular formula is C32H22N2O. The fourth-order valence-electron chi connectivity index (χ4n) is 5.12. The van der Waals surface area contributed by atoms with Crippen LogP contribution >= 0.6 is 0 Å². The molecule has 3 heteroatoms. The molecule has 0 N–H and O–H groups in total. The lowest BCUT2D eigenvalue weighted by atomic mass is 9.87. The molecule has 3 nitrogen and oxygen atoms in total. The highest BCUT2D eigenvalue weighted by atomic mass is 16.5. The second-order valence-electron chi connectivity index (χ2n) is 8.81. The van der Waals surface area contributed by atoms with Crippen molar-refractivity contribution in [2.24, 2.45) is 0 Å². The van der Waals surface area contributed by atoms with E-state index in [0.29, 0.717) is 12.6 Å². The van der Waals surface area contributed by atoms with Gasteiger partial charge in [-0.15, -0.1) is 0 Å². The van der Waals surface area contributed by atoms with Crippen molar-refractivity contribution < 1.29 is 4.74 Å². The van der Waals surface area contributed by atoms with Gasteiger partial charge < -0.3 is 4.74 Å². The van der Waals surface area contributed by atoms with E-state index in [0.717, 1.165) is 22.3 Å². The van der Waals surface area contributed by atoms with Crippen LogP contribution in [0.1, 0.15) is 5.56 Å². The number of hydrogen-bond donors (Lipinski definition) is 0. The maximum Gasteiger partial charge on any atom is 0.302 e. The van der Waals surface area contributed by atoms with E-state index in [1.54, 1.807) is 0 Å². The molecule has 0 atom stereocenters. The van der Waals surface area contributed by atoms with E-state index < -0.39 is 0 Å². The molecule has 6 aromatic rings. The Morgan fingerprint density at radius 2 is 1.26 bits per heavy atom. The summed E-state index contributed by atoms with van der Waals surface area (Å²) in [6.45, 7) is 0.543. The van der Waals surface area contributed by atoms with Crippen molar-refractivity contribution in [2.75, 3.05) is 0 Å². The Balaban J connectivity index is 1.48. The molecule has 0 aliphatic carbocycles. The zero-order chi connectivity index (χ0) is 23.2. The predicted octanol–water partition coefficient (Wildman–Crippen LogP) is 7.92. The second kappa shape index (κ2) is 8.00. The Hall–Kier alpha value is -4.63. The van der Waals surface area contributed by atoms with Crippen LogP contribution in [0.25, 0.3) is 50.1 Å². The first-order valence-electron chi connectivity index (χ1n) is 11.8. The SMILES string of the molecule is c1ccc(-c2cccc(-c3ccccc3)c2-c2ccc3c(c2)nc2n3-c3ccccc3CO2)cc1. The Morgan fingerprint density at radius 3 is 1.97 bits per heavy atom. The van der Waals surface area contributed by atoms with Crippen LogP contribution in [0.5, 0.6) is 6.01 Å². The lowest BCUT2D eigenvalue weighted by Gasteiger charge is -2.19. The smallest absolute Gasteiger partial charge is 0.302 e. The van der Waals surface area contributed by atoms with Crippen LogP contribution in [0, 0.1) is 0 Å². The molecule has 2 heterocycles. The second-order valence-corrected chi connectivity index (χ2v) is 8.81. The highest BCUT2D eigenvalue weighted by Crippen LogP contribution is 2.42. The molecule has 1 aliphatic heterocycles. The van der Waals surface area contributed by atoms with Gasteiger partial charge in [0.25, 0.3) is 0 Å². The third-order valence-corrected chi connectivity index (χ3v) is 6.74. The fraction of sp³-hybridized carbons (Fsp3) is 0.0312. The summed E-state index contributed by atoms with van der Waals surface area (Å²) in [6.07, 6.45) is 0. The number of imidazole rings is 1. The standard InChI is InChI=1S/C32H22N2O/c1-3-10-22(11-4-1)26-15-9-16-27(23-12-5-2-6-13-23)31(26)24-18-19-30-28(20-24)33-32-34(30)29-17-8-7-14-25(29)21-35-32/h1-20H,21H2. The molecule has 0 amide bonds. The molecule has 1 aliphatic rings. The van der Waals surface area contributed by atoms with Gasteiger partial charge in [-0.05, 0) is 51.6 Å². The summed E-state index contributed by atoms with van der Waals surface area (Å²) in [5, 5.41) is 0. The van der Waals surface area contributed by atoms with E-state index in [9.17, 15) is 0 Å². The molecule has 166 valence electrons. The van der Waals surface area contributed by atoms with Crippen molar-refractivity contribution in [3.05, 3.63) is 127 Å². The van der Waals surface area contributed by atoms with Gasteiger partial charge in [0.05, 0.1) is 16.7 Å². The van der Waals surface area contributed by atoms with Crippen LogP contribution in [0.3, 0.4) is 0 Å². The molecular weight excluding hydrogens is 428 g/mol. The van der Waals surface area contributed by atoms with Crippen molar-refractivity contribution >= 4 is 11.0 Å². The lowest BCUT2D eigenvalue weighted by Crippen LogP contribution is -2.11. The Bertz CT molecular complexity index is 1630. The summed E-state index contributed by atoms with van der Waals surface area (Å²) < 4.78 is 8.14. The number of hydrogen-bond acceptors (Lipinski definition) is 2. The monoisotopic (exact) mass is 450 g/mol. The third kappa shape index (κ3) is 3.24. The number of nitrogens with zero attached hydrogens (tertiary/aromatic N) is 2. The summed E-state index contributed by atoms with van der Waals surface area (Å²) in [6, 6.07) is 43.3. The predicted molar refractivity (Wildman–Crippen MR) is 142 cm³/mol. The van der Waals surface area contributed by atoms with Crippen LogP contribution in [0.15, 0.2) is 121 Å². The van der Waals surface area contributed by atoms with E-state index in [1.165, 1.54) is 33.4 Å². The lowest BCUT2D eigenvalue weighted by molar-refractivity contribution is 0.265. The maximum absolute atomic E-state index is 6.02. The average molecular weight is 451 g/mol. The van der Waals surface area contributed by atoms with Crippen molar-refractivity contribution in [2.45, 2.75) is 6.61 Å². The maximum atomic E-state index is 6.02. The summed E-state index contributed by atoms with van der Waals surface area (Å²) in [7, 11) is 0. The van der Waals surface area contributed by atoms with Gasteiger partial charge in [0.15, 0.2) is 0 Å². The molecule has 0 radical (unpaired) electrons. The minimum Gasteiger partial charge on any atom is -0.459 e. The first kappa shape index (κ1) is 19.8. The molecule has 0 saturated heterocycles. The average Bonchev–Trinajstić information content (AvgIpc) is 3.32. The zero-order valence-corrected chi connectivity index (χ0v) is 19.1. The van der Waals surface area contributed by atoms with Gasteiger partial charge in [-0.2, -0.15) is 4.98 Å². The first-order valence-corrected chi connectivity index (χ1v) is 11.8. The first-order chi connectivity index (χ1) is 17.4. The largest absolute Gasteiger partial charge is 0.459 e. The molecule has 7 rings (SSSR count). The molecule has 0 unspecified atom stereocenters. The van der Waals surface area contributed by atoms with E-state index in [4.69, 9.17) is 9.72 Å². The van der Waals surface area contributed by atoms with Gasteiger partial charge in [0.1, 0.15) is 6.61 Å². The fourth-order valence-corrected chi connectivity index (χ4v) is 5.12. The van der Waals surface area contributed by atoms with Gasteiger partial charge in [0, 0.05) is 5.56 Å². The number of ether oxygens (including phenoxy) is 1. The molecule has 0 fully saturated rings. The quantitative estimate of drug-likeness (QED) is 0.274. The summed E-state index contributed by atoms with van der Waals surface area (Å²) in [5.41, 5.74) is 11.4. The minimum atomic E-state index is 0.543. The van der Waals surface area contributed by atoms with Crippen LogP contribution in [-0.4, -0.2) is 9.55 Å². The van der Waals surface area contributed by atoms with Gasteiger partial charge in [0.2, 0.25) is 0 Å². The van der Waals surface area contributed by atoms with Crippen LogP contribution in [0.4, 0.5) is 0 Å². The van der Waals surface area contributed by atoms with E-state index >= 15 is 0 Å². The Kier molecular flexibility index (Phi) is 4.52. The number of rotatable bonds is 3. The van der Waals surface area contributed by atoms with Gasteiger partial charge in [-0.25, -0.2) is 0 Å². The van der Waals surface area contributed by atoms with Crippen LogP contribution in [-0.2, 0) is 6.61 Å². The summed E-state index contributed by atoms with van der Waals surface area (Å²) in [5.74, 6) is 0. The van der Waals surface area contributed by atoms with E-state index in [1.807, 2.05) is 0 Å². The van der Waals surface area contributed by atoms with Crippen LogP contribution in [0.2, 0.25) is 0 Å². The molecule has 0 bridgehead atoms. The summed E-state index contributed by atoms with van der Waals surface area (Å²) >= 11 is 0. The van der Waals surface area contributed by atoms with Crippen LogP contribution < -0.4 is 4.74 Å². The number of benzene rings is 5. The van der Waals surface area contributed by atoms with Crippen molar-refractivity contribution in [1.82, 2.24) is 9.55 Å². The van der Waals surface area contributed by atoms with Gasteiger partial charge >= 0.3 is 6.01 Å². The van der Waals surface area contributed by atoms with Gasteiger partial charge in [-0.3, -0.25) is 4.57 Å².